The molecule has 1 aromatic heterocycles. The van der Waals surface area contributed by atoms with Crippen LogP contribution in [0.4, 0.5) is 11.6 Å². The molecule has 0 amide bonds. The van der Waals surface area contributed by atoms with Crippen LogP contribution >= 0.6 is 11.8 Å². The third-order valence-electron chi connectivity index (χ3n) is 5.71. The Labute approximate surface area is 199 Å². The van der Waals surface area contributed by atoms with Crippen molar-refractivity contribution in [2.75, 3.05) is 43.1 Å². The molecule has 1 aliphatic carbocycles. The number of anilines is 2. The molecule has 1 saturated heterocycles. The summed E-state index contributed by atoms with van der Waals surface area (Å²) in [7, 11) is 0. The highest BCUT2D eigenvalue weighted by molar-refractivity contribution is 7.99. The summed E-state index contributed by atoms with van der Waals surface area (Å²) in [5.74, 6) is 5.01. The van der Waals surface area contributed by atoms with Gasteiger partial charge in [-0.1, -0.05) is 23.8 Å². The van der Waals surface area contributed by atoms with Gasteiger partial charge in [0, 0.05) is 55.2 Å². The first-order valence-electron chi connectivity index (χ1n) is 11.3. The highest BCUT2D eigenvalue weighted by Crippen LogP contribution is 2.30. The van der Waals surface area contributed by atoms with Crippen molar-refractivity contribution in [3.63, 3.8) is 0 Å². The van der Waals surface area contributed by atoms with Gasteiger partial charge in [0.25, 0.3) is 0 Å². The molecule has 2 aromatic carbocycles. The lowest BCUT2D eigenvalue weighted by Crippen LogP contribution is -2.35. The Kier molecular flexibility index (Phi) is 6.79. The van der Waals surface area contributed by atoms with Crippen LogP contribution in [0.25, 0.3) is 6.08 Å². The highest BCUT2D eigenvalue weighted by atomic mass is 32.2. The van der Waals surface area contributed by atoms with E-state index in [9.17, 15) is 0 Å². The van der Waals surface area contributed by atoms with Gasteiger partial charge in [-0.15, -0.1) is 0 Å². The van der Waals surface area contributed by atoms with Gasteiger partial charge in [0.2, 0.25) is 11.8 Å². The maximum absolute atomic E-state index is 6.00. The summed E-state index contributed by atoms with van der Waals surface area (Å²) in [6, 6.07) is 15.8. The van der Waals surface area contributed by atoms with Crippen molar-refractivity contribution in [1.82, 2.24) is 14.9 Å². The summed E-state index contributed by atoms with van der Waals surface area (Å²) in [5.41, 5.74) is 4.79. The van der Waals surface area contributed by atoms with Gasteiger partial charge < -0.3 is 14.8 Å². The third-order valence-corrected chi connectivity index (χ3v) is 6.65. The van der Waals surface area contributed by atoms with Gasteiger partial charge in [-0.3, -0.25) is 4.90 Å². The van der Waals surface area contributed by atoms with Crippen LogP contribution in [0.15, 0.2) is 60.3 Å². The number of ether oxygens (including phenoxy) is 2. The second kappa shape index (κ2) is 10.3. The summed E-state index contributed by atoms with van der Waals surface area (Å²) in [6.45, 7) is 6.08. The largest absolute Gasteiger partial charge is 0.492 e. The predicted octanol–water partition coefficient (Wildman–Crippen LogP) is 5.40. The zero-order chi connectivity index (χ0) is 22.5. The van der Waals surface area contributed by atoms with E-state index in [1.54, 1.807) is 12.3 Å². The average molecular weight is 461 g/mol. The first kappa shape index (κ1) is 21.8. The number of rotatable bonds is 8. The lowest BCUT2D eigenvalue weighted by Gasteiger charge is -2.25. The number of fused-ring (bicyclic) bond motifs is 1. The molecule has 0 radical (unpaired) electrons. The van der Waals surface area contributed by atoms with Crippen molar-refractivity contribution < 1.29 is 9.47 Å². The Morgan fingerprint density at radius 3 is 2.88 bits per heavy atom. The number of aromatic nitrogens is 2. The molecular weight excluding hydrogens is 432 g/mol. The fraction of sp³-hybridized carbons (Fsp3) is 0.308. The van der Waals surface area contributed by atoms with E-state index in [4.69, 9.17) is 9.47 Å². The normalized spacial score (nSPS) is 15.6. The van der Waals surface area contributed by atoms with Gasteiger partial charge in [0.05, 0.1) is 0 Å². The molecule has 33 heavy (non-hydrogen) atoms. The van der Waals surface area contributed by atoms with Crippen LogP contribution in [0.2, 0.25) is 0 Å². The second-order valence-electron chi connectivity index (χ2n) is 8.30. The minimum Gasteiger partial charge on any atom is -0.492 e. The van der Waals surface area contributed by atoms with Crippen molar-refractivity contribution in [3.8, 4) is 17.4 Å². The molecule has 0 spiro atoms. The summed E-state index contributed by atoms with van der Waals surface area (Å²) in [6.07, 6.45) is 4.91. The molecule has 2 aliphatic rings. The monoisotopic (exact) mass is 460 g/mol. The first-order chi connectivity index (χ1) is 16.2. The van der Waals surface area contributed by atoms with Crippen LogP contribution in [0.5, 0.6) is 17.4 Å². The summed E-state index contributed by atoms with van der Waals surface area (Å²) < 4.78 is 12.0. The zero-order valence-corrected chi connectivity index (χ0v) is 19.6. The SMILES string of the molecule is CC1=Cc2cc(Oc3ccnc(Nc4cccc(OCCN5CCSCC5)c4)n3)ccc2C1. The second-order valence-corrected chi connectivity index (χ2v) is 9.53. The van der Waals surface area contributed by atoms with Crippen LogP contribution in [-0.4, -0.2) is 52.6 Å². The van der Waals surface area contributed by atoms with Gasteiger partial charge in [0.1, 0.15) is 18.1 Å². The topological polar surface area (TPSA) is 59.5 Å². The molecule has 1 N–H and O–H groups in total. The Morgan fingerprint density at radius 1 is 1.06 bits per heavy atom. The van der Waals surface area contributed by atoms with E-state index >= 15 is 0 Å². The minimum atomic E-state index is 0.479. The van der Waals surface area contributed by atoms with Crippen LogP contribution < -0.4 is 14.8 Å². The first-order valence-corrected chi connectivity index (χ1v) is 12.5. The molecule has 6 nitrogen and oxygen atoms in total. The van der Waals surface area contributed by atoms with Crippen LogP contribution in [-0.2, 0) is 6.42 Å². The summed E-state index contributed by atoms with van der Waals surface area (Å²) in [4.78, 5) is 11.3. The van der Waals surface area contributed by atoms with Crippen molar-refractivity contribution in [3.05, 3.63) is 71.4 Å². The molecule has 0 saturated carbocycles. The number of allylic oxidation sites excluding steroid dienone is 1. The van der Waals surface area contributed by atoms with Crippen molar-refractivity contribution in [1.29, 1.82) is 0 Å². The number of hydrogen-bond donors (Lipinski definition) is 1. The molecule has 3 aromatic rings. The Balaban J connectivity index is 1.19. The molecule has 1 fully saturated rings. The van der Waals surface area contributed by atoms with E-state index < -0.39 is 0 Å². The zero-order valence-electron chi connectivity index (χ0n) is 18.8. The smallest absolute Gasteiger partial charge is 0.230 e. The minimum absolute atomic E-state index is 0.479. The van der Waals surface area contributed by atoms with E-state index in [-0.39, 0.29) is 0 Å². The lowest BCUT2D eigenvalue weighted by atomic mass is 10.1. The number of nitrogens with one attached hydrogen (secondary N) is 1. The van der Waals surface area contributed by atoms with E-state index in [1.165, 1.54) is 28.2 Å². The lowest BCUT2D eigenvalue weighted by molar-refractivity contribution is 0.222. The van der Waals surface area contributed by atoms with E-state index in [0.29, 0.717) is 18.4 Å². The van der Waals surface area contributed by atoms with Crippen molar-refractivity contribution >= 4 is 29.5 Å². The molecule has 0 bridgehead atoms. The van der Waals surface area contributed by atoms with E-state index in [0.717, 1.165) is 43.2 Å². The van der Waals surface area contributed by atoms with Crippen molar-refractivity contribution in [2.24, 2.45) is 0 Å². The molecular formula is C26H28N4O2S. The molecule has 7 heteroatoms. The number of thioether (sulfide) groups is 1. The molecule has 1 aliphatic heterocycles. The van der Waals surface area contributed by atoms with Gasteiger partial charge in [-0.05, 0) is 48.7 Å². The maximum Gasteiger partial charge on any atom is 0.230 e. The van der Waals surface area contributed by atoms with Crippen LogP contribution in [0, 0.1) is 0 Å². The van der Waals surface area contributed by atoms with Crippen LogP contribution in [0.1, 0.15) is 18.1 Å². The molecule has 170 valence electrons. The van der Waals surface area contributed by atoms with E-state index in [2.05, 4.69) is 45.3 Å². The van der Waals surface area contributed by atoms with Crippen LogP contribution in [0.3, 0.4) is 0 Å². The van der Waals surface area contributed by atoms with Gasteiger partial charge in [-0.25, -0.2) is 4.98 Å². The fourth-order valence-corrected chi connectivity index (χ4v) is 5.02. The third kappa shape index (κ3) is 5.86. The summed E-state index contributed by atoms with van der Waals surface area (Å²) >= 11 is 2.02. The number of nitrogens with zero attached hydrogens (tertiary/aromatic N) is 3. The quantitative estimate of drug-likeness (QED) is 0.483. The Bertz CT molecular complexity index is 1140. The Hall–Kier alpha value is -3.03. The number of benzene rings is 2. The summed E-state index contributed by atoms with van der Waals surface area (Å²) in [5, 5.41) is 3.25. The maximum atomic E-state index is 6.00. The van der Waals surface area contributed by atoms with Gasteiger partial charge >= 0.3 is 0 Å². The number of hydrogen-bond acceptors (Lipinski definition) is 7. The standard InChI is InChI=1S/C26H28N4O2S/c1-19-15-20-5-6-24(17-21(20)16-19)32-25-7-8-27-26(29-25)28-22-3-2-4-23(18-22)31-12-9-30-10-13-33-14-11-30/h2-8,16-18H,9-15H2,1H3,(H,27,28,29). The Morgan fingerprint density at radius 2 is 1.97 bits per heavy atom. The van der Waals surface area contributed by atoms with E-state index in [1.807, 2.05) is 42.1 Å². The average Bonchev–Trinajstić information content (AvgIpc) is 3.20. The van der Waals surface area contributed by atoms with Crippen molar-refractivity contribution in [2.45, 2.75) is 13.3 Å². The van der Waals surface area contributed by atoms with Gasteiger partial charge in [0.15, 0.2) is 0 Å². The molecule has 0 unspecified atom stereocenters. The molecule has 0 atom stereocenters. The van der Waals surface area contributed by atoms with Gasteiger partial charge in [-0.2, -0.15) is 16.7 Å². The fourth-order valence-electron chi connectivity index (χ4n) is 4.04. The predicted molar refractivity (Wildman–Crippen MR) is 135 cm³/mol. The molecule has 5 rings (SSSR count). The highest BCUT2D eigenvalue weighted by Gasteiger charge is 2.12. The molecule has 2 heterocycles.